The molecule has 6 heteroatoms. The lowest BCUT2D eigenvalue weighted by molar-refractivity contribution is 0.0833. The van der Waals surface area contributed by atoms with Gasteiger partial charge in [0, 0.05) is 7.11 Å². The van der Waals surface area contributed by atoms with Crippen LogP contribution in [0.2, 0.25) is 0 Å². The highest BCUT2D eigenvalue weighted by molar-refractivity contribution is 5.88. The summed E-state index contributed by atoms with van der Waals surface area (Å²) in [5, 5.41) is 19.9. The molecule has 0 spiro atoms. The zero-order valence-corrected chi connectivity index (χ0v) is 14.1. The third-order valence-electron chi connectivity index (χ3n) is 3.52. The van der Waals surface area contributed by atoms with Crippen molar-refractivity contribution in [1.29, 1.82) is 5.39 Å². The summed E-state index contributed by atoms with van der Waals surface area (Å²) in [5.41, 5.74) is 1.94. The molecule has 2 rings (SSSR count). The van der Waals surface area contributed by atoms with Crippen molar-refractivity contribution in [2.45, 2.75) is 13.2 Å². The maximum atomic E-state index is 9.44. The number of fused-ring (bicyclic) bond motifs is 1. The summed E-state index contributed by atoms with van der Waals surface area (Å²) in [4.78, 5) is 2.73. The minimum atomic E-state index is -0.448. The Bertz CT molecular complexity index is 788. The van der Waals surface area contributed by atoms with Crippen LogP contribution in [0.3, 0.4) is 0 Å². The Hall–Kier alpha value is -2.88. The smallest absolute Gasteiger partial charge is 0.429 e. The molecule has 1 N–H and O–H groups in total. The largest absolute Gasteiger partial charge is 0.476 e. The molecule has 0 unspecified atom stereocenters. The van der Waals surface area contributed by atoms with Crippen molar-refractivity contribution in [2.24, 2.45) is 0 Å². The van der Waals surface area contributed by atoms with Crippen molar-refractivity contribution in [3.63, 3.8) is 0 Å². The summed E-state index contributed by atoms with van der Waals surface area (Å²) in [6.07, 6.45) is 4.66. The van der Waals surface area contributed by atoms with E-state index in [1.165, 1.54) is 0 Å². The van der Waals surface area contributed by atoms with Crippen LogP contribution < -0.4 is 0 Å². The zero-order valence-electron chi connectivity index (χ0n) is 14.1. The van der Waals surface area contributed by atoms with Gasteiger partial charge in [0.25, 0.3) is 0 Å². The van der Waals surface area contributed by atoms with Crippen LogP contribution in [-0.2, 0) is 27.4 Å². The SMILES string of the molecule is COC/C=C\COCc1cccc2cccc(CO/C(O)=C/[N+]#N)c12. The Kier molecular flexibility index (Phi) is 7.44. The first-order valence-corrected chi connectivity index (χ1v) is 7.83. The van der Waals surface area contributed by atoms with Gasteiger partial charge in [-0.25, -0.2) is 0 Å². The molecule has 25 heavy (non-hydrogen) atoms. The predicted octanol–water partition coefficient (Wildman–Crippen LogP) is 4.29. The average Bonchev–Trinajstić information content (AvgIpc) is 2.63. The summed E-state index contributed by atoms with van der Waals surface area (Å²) >= 11 is 0. The van der Waals surface area contributed by atoms with Crippen LogP contribution in [0.25, 0.3) is 15.7 Å². The quantitative estimate of drug-likeness (QED) is 0.319. The van der Waals surface area contributed by atoms with Crippen LogP contribution in [-0.4, -0.2) is 25.4 Å². The fourth-order valence-electron chi connectivity index (χ4n) is 2.45. The summed E-state index contributed by atoms with van der Waals surface area (Å²) in [6.45, 7) is 1.68. The van der Waals surface area contributed by atoms with Gasteiger partial charge in [0.2, 0.25) is 5.39 Å². The topological polar surface area (TPSA) is 76.1 Å². The maximum absolute atomic E-state index is 9.44. The van der Waals surface area contributed by atoms with Crippen molar-refractivity contribution < 1.29 is 19.3 Å². The molecule has 2 aromatic rings. The number of rotatable bonds is 9. The van der Waals surface area contributed by atoms with E-state index >= 15 is 0 Å². The Balaban J connectivity index is 2.14. The predicted molar refractivity (Wildman–Crippen MR) is 95.2 cm³/mol. The van der Waals surface area contributed by atoms with Crippen LogP contribution in [0.4, 0.5) is 0 Å². The summed E-state index contributed by atoms with van der Waals surface area (Å²) in [7, 11) is 1.65. The lowest BCUT2D eigenvalue weighted by atomic mass is 10.00. The van der Waals surface area contributed by atoms with Gasteiger partial charge in [-0.2, -0.15) is 0 Å². The monoisotopic (exact) mass is 341 g/mol. The highest BCUT2D eigenvalue weighted by Crippen LogP contribution is 2.25. The van der Waals surface area contributed by atoms with Gasteiger partial charge >= 0.3 is 12.1 Å². The molecule has 0 aromatic heterocycles. The summed E-state index contributed by atoms with van der Waals surface area (Å²) in [6, 6.07) is 11.9. The number of ether oxygens (including phenoxy) is 3. The van der Waals surface area contributed by atoms with Gasteiger partial charge in [0.1, 0.15) is 6.61 Å². The fourth-order valence-corrected chi connectivity index (χ4v) is 2.45. The first kappa shape index (κ1) is 18.5. The minimum absolute atomic E-state index is 0.153. The standard InChI is InChI=1S/C19H20N2O4/c1-23-10-2-3-11-24-13-16-8-4-6-15-7-5-9-17(19(15)16)14-25-18(22)12-21-20/h2-9,12H,10-11,13-14H2,1H3/p+1/b3-2-,18-12+. The van der Waals surface area contributed by atoms with Gasteiger partial charge in [-0.3, -0.25) is 0 Å². The summed E-state index contributed by atoms with van der Waals surface area (Å²) < 4.78 is 15.8. The molecule has 0 bridgehead atoms. The number of benzene rings is 2. The van der Waals surface area contributed by atoms with E-state index in [2.05, 4.69) is 4.98 Å². The van der Waals surface area contributed by atoms with Gasteiger partial charge < -0.3 is 19.3 Å². The molecule has 2 aromatic carbocycles. The molecule has 0 heterocycles. The number of aliphatic hydroxyl groups excluding tert-OH is 1. The van der Waals surface area contributed by atoms with Crippen molar-refractivity contribution in [3.8, 4) is 0 Å². The van der Waals surface area contributed by atoms with Crippen molar-refractivity contribution >= 4 is 10.8 Å². The van der Waals surface area contributed by atoms with Crippen LogP contribution in [0, 0.1) is 5.39 Å². The Morgan fingerprint density at radius 1 is 1.08 bits per heavy atom. The highest BCUT2D eigenvalue weighted by atomic mass is 16.6. The molecule has 0 amide bonds. The van der Waals surface area contributed by atoms with Crippen molar-refractivity contribution in [3.05, 3.63) is 76.8 Å². The second-order valence-electron chi connectivity index (χ2n) is 5.25. The van der Waals surface area contributed by atoms with Crippen LogP contribution in [0.1, 0.15) is 11.1 Å². The van der Waals surface area contributed by atoms with Gasteiger partial charge in [0.05, 0.1) is 19.8 Å². The second-order valence-corrected chi connectivity index (χ2v) is 5.25. The number of diazo groups is 1. The third-order valence-corrected chi connectivity index (χ3v) is 3.52. The molecule has 0 atom stereocenters. The lowest BCUT2D eigenvalue weighted by Crippen LogP contribution is -1.99. The molecule has 0 aliphatic carbocycles. The fraction of sp³-hybridized carbons (Fsp3) is 0.263. The van der Waals surface area contributed by atoms with Crippen molar-refractivity contribution in [2.75, 3.05) is 20.3 Å². The van der Waals surface area contributed by atoms with E-state index < -0.39 is 5.95 Å². The van der Waals surface area contributed by atoms with Crippen LogP contribution in [0.5, 0.6) is 0 Å². The first-order chi connectivity index (χ1) is 12.3. The molecule has 0 saturated heterocycles. The third kappa shape index (κ3) is 5.60. The number of nitrogens with zero attached hydrogens (tertiary/aromatic N) is 2. The van der Waals surface area contributed by atoms with Crippen LogP contribution in [0.15, 0.2) is 60.7 Å². The Labute approximate surface area is 146 Å². The van der Waals surface area contributed by atoms with E-state index in [1.54, 1.807) is 7.11 Å². The van der Waals surface area contributed by atoms with E-state index in [0.29, 0.717) is 19.8 Å². The lowest BCUT2D eigenvalue weighted by Gasteiger charge is -2.12. The van der Waals surface area contributed by atoms with Gasteiger partial charge in [-0.05, 0) is 21.9 Å². The Morgan fingerprint density at radius 3 is 2.44 bits per heavy atom. The molecule has 0 radical (unpaired) electrons. The normalized spacial score (nSPS) is 11.8. The molecule has 6 nitrogen and oxygen atoms in total. The van der Waals surface area contributed by atoms with E-state index in [0.717, 1.165) is 28.1 Å². The molecule has 0 aliphatic rings. The highest BCUT2D eigenvalue weighted by Gasteiger charge is 2.09. The van der Waals surface area contributed by atoms with Crippen molar-refractivity contribution in [1.82, 2.24) is 0 Å². The van der Waals surface area contributed by atoms with E-state index in [9.17, 15) is 5.11 Å². The average molecular weight is 341 g/mol. The second kappa shape index (κ2) is 10.1. The molecule has 0 aliphatic heterocycles. The number of hydrogen-bond acceptors (Lipinski definition) is 5. The van der Waals surface area contributed by atoms with Gasteiger partial charge in [-0.1, -0.05) is 48.6 Å². The first-order valence-electron chi connectivity index (χ1n) is 7.83. The van der Waals surface area contributed by atoms with E-state index in [-0.39, 0.29) is 6.61 Å². The summed E-state index contributed by atoms with van der Waals surface area (Å²) in [5.74, 6) is -0.448. The molecular formula is C19H21N2O4+. The number of methoxy groups -OCH3 is 1. The molecule has 0 saturated carbocycles. The van der Waals surface area contributed by atoms with E-state index in [1.807, 2.05) is 48.6 Å². The molecular weight excluding hydrogens is 320 g/mol. The van der Waals surface area contributed by atoms with Gasteiger partial charge in [-0.15, -0.1) is 0 Å². The molecule has 0 fully saturated rings. The maximum Gasteiger partial charge on any atom is 0.429 e. The Morgan fingerprint density at radius 2 is 1.76 bits per heavy atom. The number of aliphatic hydroxyl groups is 1. The number of hydrogen-bond donors (Lipinski definition) is 1. The van der Waals surface area contributed by atoms with E-state index in [4.69, 9.17) is 19.6 Å². The zero-order chi connectivity index (χ0) is 17.9. The molecule has 130 valence electrons. The van der Waals surface area contributed by atoms with Crippen LogP contribution >= 0.6 is 0 Å². The minimum Gasteiger partial charge on any atom is -0.476 e. The van der Waals surface area contributed by atoms with Gasteiger partial charge in [0.15, 0.2) is 4.98 Å².